The second kappa shape index (κ2) is 11.9. The molecular formula is C25H36O6. The Morgan fingerprint density at radius 2 is 1.71 bits per heavy atom. The molecule has 172 valence electrons. The van der Waals surface area contributed by atoms with E-state index in [1.54, 1.807) is 0 Å². The molecule has 2 saturated heterocycles. The average Bonchev–Trinajstić information content (AvgIpc) is 3.17. The summed E-state index contributed by atoms with van der Waals surface area (Å²) in [5.74, 6) is 1.73. The lowest BCUT2D eigenvalue weighted by molar-refractivity contribution is -0.199. The summed E-state index contributed by atoms with van der Waals surface area (Å²) in [4.78, 5) is 0. The van der Waals surface area contributed by atoms with Gasteiger partial charge in [0.2, 0.25) is 0 Å². The Hall–Kier alpha value is -1.60. The summed E-state index contributed by atoms with van der Waals surface area (Å²) in [7, 11) is 0. The summed E-state index contributed by atoms with van der Waals surface area (Å²) >= 11 is 0. The van der Waals surface area contributed by atoms with Gasteiger partial charge in [0.05, 0.1) is 25.4 Å². The van der Waals surface area contributed by atoms with Crippen molar-refractivity contribution in [3.05, 3.63) is 42.2 Å². The molecule has 3 aliphatic rings. The lowest BCUT2D eigenvalue weighted by Gasteiger charge is -2.32. The molecule has 1 aromatic carbocycles. The van der Waals surface area contributed by atoms with E-state index < -0.39 is 6.10 Å². The second-order valence-electron chi connectivity index (χ2n) is 8.67. The van der Waals surface area contributed by atoms with Crippen LogP contribution in [0.25, 0.3) is 0 Å². The Labute approximate surface area is 185 Å². The van der Waals surface area contributed by atoms with Gasteiger partial charge in [0.15, 0.2) is 12.6 Å². The van der Waals surface area contributed by atoms with Gasteiger partial charge in [-0.2, -0.15) is 0 Å². The van der Waals surface area contributed by atoms with Gasteiger partial charge in [-0.15, -0.1) is 0 Å². The molecule has 0 aromatic heterocycles. The maximum absolute atomic E-state index is 10.4. The summed E-state index contributed by atoms with van der Waals surface area (Å²) < 4.78 is 30.1. The lowest BCUT2D eigenvalue weighted by Crippen LogP contribution is -2.32. The third-order valence-corrected chi connectivity index (χ3v) is 6.19. The highest BCUT2D eigenvalue weighted by molar-refractivity contribution is 5.21. The van der Waals surface area contributed by atoms with E-state index >= 15 is 0 Å². The molecule has 3 fully saturated rings. The molecule has 0 spiro atoms. The van der Waals surface area contributed by atoms with E-state index in [-0.39, 0.29) is 24.6 Å². The fourth-order valence-electron chi connectivity index (χ4n) is 4.57. The lowest BCUT2D eigenvalue weighted by atomic mass is 10.0. The first kappa shape index (κ1) is 22.6. The number of hydrogen-bond acceptors (Lipinski definition) is 6. The van der Waals surface area contributed by atoms with E-state index in [1.807, 2.05) is 30.3 Å². The second-order valence-corrected chi connectivity index (χ2v) is 8.67. The number of aliphatic hydroxyl groups excluding tert-OH is 1. The first-order valence-corrected chi connectivity index (χ1v) is 11.9. The van der Waals surface area contributed by atoms with Crippen LogP contribution in [0, 0.1) is 5.92 Å². The van der Waals surface area contributed by atoms with Crippen LogP contribution in [0.5, 0.6) is 5.75 Å². The van der Waals surface area contributed by atoms with Crippen LogP contribution in [0.3, 0.4) is 0 Å². The third kappa shape index (κ3) is 6.94. The van der Waals surface area contributed by atoms with Gasteiger partial charge >= 0.3 is 0 Å². The highest BCUT2D eigenvalue weighted by atomic mass is 16.7. The molecule has 2 unspecified atom stereocenters. The average molecular weight is 433 g/mol. The van der Waals surface area contributed by atoms with Crippen molar-refractivity contribution in [1.29, 1.82) is 0 Å². The molecule has 31 heavy (non-hydrogen) atoms. The summed E-state index contributed by atoms with van der Waals surface area (Å²) in [5.41, 5.74) is 0. The highest BCUT2D eigenvalue weighted by Crippen LogP contribution is 2.37. The number of para-hydroxylation sites is 1. The molecule has 6 heteroatoms. The number of rotatable bonds is 9. The maximum atomic E-state index is 10.4. The Balaban J connectivity index is 1.40. The Morgan fingerprint density at radius 1 is 0.968 bits per heavy atom. The number of hydrogen-bond donors (Lipinski definition) is 1. The van der Waals surface area contributed by atoms with Gasteiger partial charge in [0, 0.05) is 31.8 Å². The molecule has 0 amide bonds. The van der Waals surface area contributed by atoms with E-state index in [0.29, 0.717) is 19.4 Å². The van der Waals surface area contributed by atoms with E-state index in [0.717, 1.165) is 69.7 Å². The first-order chi connectivity index (χ1) is 15.3. The van der Waals surface area contributed by atoms with Crippen LogP contribution in [0.2, 0.25) is 0 Å². The van der Waals surface area contributed by atoms with Crippen LogP contribution in [0.4, 0.5) is 0 Å². The molecule has 1 saturated carbocycles. The van der Waals surface area contributed by atoms with Crippen LogP contribution in [-0.2, 0) is 18.9 Å². The molecule has 0 radical (unpaired) electrons. The van der Waals surface area contributed by atoms with Crippen molar-refractivity contribution >= 4 is 0 Å². The van der Waals surface area contributed by atoms with E-state index in [4.69, 9.17) is 23.7 Å². The molecule has 5 atom stereocenters. The highest BCUT2D eigenvalue weighted by Gasteiger charge is 2.40. The van der Waals surface area contributed by atoms with Crippen molar-refractivity contribution in [2.45, 2.75) is 82.6 Å². The number of ether oxygens (including phenoxy) is 5. The van der Waals surface area contributed by atoms with Crippen molar-refractivity contribution in [3.8, 4) is 5.75 Å². The van der Waals surface area contributed by atoms with Crippen molar-refractivity contribution in [3.63, 3.8) is 0 Å². The zero-order chi connectivity index (χ0) is 21.3. The largest absolute Gasteiger partial charge is 0.493 e. The Kier molecular flexibility index (Phi) is 8.64. The van der Waals surface area contributed by atoms with E-state index in [9.17, 15) is 5.11 Å². The standard InChI is InChI=1S/C25H36O6/c26-19-17-21(23(18-19)31-25-13-5-7-15-29-25)22(30-24-12-4-6-14-28-24)11-8-16-27-20-9-2-1-3-10-20/h1-3,9-11,19,21,23-26H,4-8,12-18H2/b22-11+/t19-,21-,23-,24?,25?/m1/s1. The zero-order valence-electron chi connectivity index (χ0n) is 18.3. The molecule has 0 bridgehead atoms. The van der Waals surface area contributed by atoms with Crippen LogP contribution < -0.4 is 4.74 Å². The van der Waals surface area contributed by atoms with Crippen molar-refractivity contribution in [2.24, 2.45) is 5.92 Å². The third-order valence-electron chi connectivity index (χ3n) is 6.19. The minimum atomic E-state index is -0.390. The van der Waals surface area contributed by atoms with E-state index in [2.05, 4.69) is 6.08 Å². The summed E-state index contributed by atoms with van der Waals surface area (Å²) in [6.45, 7) is 2.05. The van der Waals surface area contributed by atoms with Gasteiger partial charge in [-0.1, -0.05) is 18.2 Å². The SMILES string of the molecule is O[C@@H]1C[C@H](/C(=C\CCOc2ccccc2)OC2CCCCO2)[C@H](OC2CCCCO2)C1. The number of benzene rings is 1. The summed E-state index contributed by atoms with van der Waals surface area (Å²) in [5, 5.41) is 10.4. The molecule has 6 nitrogen and oxygen atoms in total. The quantitative estimate of drug-likeness (QED) is 0.456. The molecule has 1 aromatic rings. The fourth-order valence-corrected chi connectivity index (χ4v) is 4.57. The maximum Gasteiger partial charge on any atom is 0.199 e. The minimum Gasteiger partial charge on any atom is -0.493 e. The normalized spacial score (nSPS) is 32.0. The Morgan fingerprint density at radius 3 is 2.42 bits per heavy atom. The first-order valence-electron chi connectivity index (χ1n) is 11.9. The molecule has 2 aliphatic heterocycles. The molecule has 1 N–H and O–H groups in total. The van der Waals surface area contributed by atoms with Gasteiger partial charge in [-0.25, -0.2) is 0 Å². The van der Waals surface area contributed by atoms with Gasteiger partial charge in [-0.05, 0) is 56.7 Å². The minimum absolute atomic E-state index is 0.00257. The topological polar surface area (TPSA) is 66.4 Å². The van der Waals surface area contributed by atoms with Gasteiger partial charge in [0.1, 0.15) is 11.5 Å². The predicted molar refractivity (Wildman–Crippen MR) is 117 cm³/mol. The summed E-state index contributed by atoms with van der Waals surface area (Å²) in [6, 6.07) is 9.83. The van der Waals surface area contributed by atoms with Crippen molar-refractivity contribution < 1.29 is 28.8 Å². The van der Waals surface area contributed by atoms with Gasteiger partial charge < -0.3 is 28.8 Å². The Bertz CT molecular complexity index is 666. The monoisotopic (exact) mass is 432 g/mol. The van der Waals surface area contributed by atoms with E-state index in [1.165, 1.54) is 0 Å². The van der Waals surface area contributed by atoms with Crippen molar-refractivity contribution in [1.82, 2.24) is 0 Å². The predicted octanol–water partition coefficient (Wildman–Crippen LogP) is 4.57. The number of aliphatic hydroxyl groups is 1. The zero-order valence-corrected chi connectivity index (χ0v) is 18.3. The molecule has 1 aliphatic carbocycles. The van der Waals surface area contributed by atoms with Gasteiger partial charge in [0.25, 0.3) is 0 Å². The smallest absolute Gasteiger partial charge is 0.199 e. The fraction of sp³-hybridized carbons (Fsp3) is 0.680. The molecule has 2 heterocycles. The van der Waals surface area contributed by atoms with Crippen molar-refractivity contribution in [2.75, 3.05) is 19.8 Å². The van der Waals surface area contributed by atoms with Crippen LogP contribution >= 0.6 is 0 Å². The molecular weight excluding hydrogens is 396 g/mol. The van der Waals surface area contributed by atoms with Crippen LogP contribution in [0.1, 0.15) is 57.8 Å². The summed E-state index contributed by atoms with van der Waals surface area (Å²) in [6.07, 6.45) is 9.36. The van der Waals surface area contributed by atoms with Crippen LogP contribution in [-0.4, -0.2) is 49.7 Å². The van der Waals surface area contributed by atoms with Gasteiger partial charge in [-0.3, -0.25) is 0 Å². The van der Waals surface area contributed by atoms with Crippen LogP contribution in [0.15, 0.2) is 42.2 Å². The molecule has 4 rings (SSSR count).